The van der Waals surface area contributed by atoms with Crippen LogP contribution in [0.4, 0.5) is 0 Å². The number of hydrogen-bond acceptors (Lipinski definition) is 8. The molecule has 0 saturated carbocycles. The van der Waals surface area contributed by atoms with Crippen LogP contribution in [-0.4, -0.2) is 54.3 Å². The zero-order valence-corrected chi connectivity index (χ0v) is 19.9. The van der Waals surface area contributed by atoms with Gasteiger partial charge in [-0.2, -0.15) is 0 Å². The number of nitrogens with zero attached hydrogens (tertiary/aromatic N) is 1. The van der Waals surface area contributed by atoms with Crippen molar-refractivity contribution in [1.29, 1.82) is 0 Å². The Balaban J connectivity index is 2.03. The van der Waals surface area contributed by atoms with Crippen LogP contribution in [0.15, 0.2) is 63.5 Å². The Kier molecular flexibility index (Phi) is 9.77. The number of carbonyl (C=O) groups is 3. The van der Waals surface area contributed by atoms with E-state index in [9.17, 15) is 19.5 Å². The van der Waals surface area contributed by atoms with E-state index in [0.717, 1.165) is 9.79 Å². The van der Waals surface area contributed by atoms with Crippen LogP contribution in [0.3, 0.4) is 0 Å². The molecule has 8 nitrogen and oxygen atoms in total. The van der Waals surface area contributed by atoms with Gasteiger partial charge in [0.2, 0.25) is 5.78 Å². The fourth-order valence-corrected chi connectivity index (χ4v) is 3.70. The van der Waals surface area contributed by atoms with E-state index < -0.39 is 11.5 Å². The Hall–Kier alpha value is -3.01. The Morgan fingerprint density at radius 2 is 1.55 bits per heavy atom. The molecule has 0 aliphatic carbocycles. The van der Waals surface area contributed by atoms with Gasteiger partial charge in [-0.1, -0.05) is 23.8 Å². The fourth-order valence-electron chi connectivity index (χ4n) is 2.88. The number of amides is 1. The summed E-state index contributed by atoms with van der Waals surface area (Å²) in [6.07, 6.45) is 0.532. The number of Topliss-reactive ketones (excluding diaryl/α,β-unsaturated/α-hetero) is 1. The normalized spacial score (nSPS) is 13.2. The number of hydrogen-bond donors (Lipinski definition) is 2. The highest BCUT2D eigenvalue weighted by molar-refractivity contribution is 7.99. The maximum atomic E-state index is 12.6. The van der Waals surface area contributed by atoms with Crippen molar-refractivity contribution in [2.24, 2.45) is 5.16 Å². The minimum absolute atomic E-state index is 0.0817. The lowest BCUT2D eigenvalue weighted by molar-refractivity contribution is -0.140. The minimum Gasteiger partial charge on any atom is -0.394 e. The number of rotatable bonds is 11. The number of carbonyl (C=O) groups excluding carboxylic acids is 3. The zero-order valence-electron chi connectivity index (χ0n) is 19.1. The third-order valence-corrected chi connectivity index (χ3v) is 5.90. The monoisotopic (exact) mass is 472 g/mol. The van der Waals surface area contributed by atoms with Crippen molar-refractivity contribution in [2.75, 3.05) is 20.3 Å². The zero-order chi connectivity index (χ0) is 24.4. The fraction of sp³-hybridized carbons (Fsp3) is 0.333. The summed E-state index contributed by atoms with van der Waals surface area (Å²) in [5.41, 5.74) is 0.169. The number of ketones is 1. The van der Waals surface area contributed by atoms with Gasteiger partial charge in [-0.05, 0) is 61.9 Å². The van der Waals surface area contributed by atoms with Crippen molar-refractivity contribution in [1.82, 2.24) is 5.32 Å². The van der Waals surface area contributed by atoms with Crippen molar-refractivity contribution in [3.8, 4) is 0 Å². The Morgan fingerprint density at radius 1 is 1.00 bits per heavy atom. The van der Waals surface area contributed by atoms with Gasteiger partial charge in [-0.25, -0.2) is 4.79 Å². The van der Waals surface area contributed by atoms with Gasteiger partial charge in [0.05, 0.1) is 18.8 Å². The lowest BCUT2D eigenvalue weighted by Gasteiger charge is -2.31. The molecule has 33 heavy (non-hydrogen) atoms. The van der Waals surface area contributed by atoms with Crippen LogP contribution in [0.1, 0.15) is 47.9 Å². The summed E-state index contributed by atoms with van der Waals surface area (Å²) >= 11 is 1.48. The van der Waals surface area contributed by atoms with Crippen LogP contribution in [0.2, 0.25) is 0 Å². The number of nitrogens with one attached hydrogen (secondary N) is 1. The second kappa shape index (κ2) is 12.3. The molecule has 176 valence electrons. The third-order valence-electron chi connectivity index (χ3n) is 4.89. The number of benzene rings is 2. The van der Waals surface area contributed by atoms with Gasteiger partial charge in [-0.15, -0.1) is 0 Å². The molecule has 0 saturated heterocycles. The Morgan fingerprint density at radius 3 is 2.00 bits per heavy atom. The summed E-state index contributed by atoms with van der Waals surface area (Å²) in [7, 11) is 1.53. The molecule has 0 heterocycles. The molecule has 9 heteroatoms. The summed E-state index contributed by atoms with van der Waals surface area (Å²) in [6, 6.07) is 14.1. The van der Waals surface area contributed by atoms with E-state index in [1.807, 2.05) is 19.1 Å². The van der Waals surface area contributed by atoms with Gasteiger partial charge >= 0.3 is 5.97 Å². The predicted octanol–water partition coefficient (Wildman–Crippen LogP) is 3.48. The first-order valence-corrected chi connectivity index (χ1v) is 11.1. The van der Waals surface area contributed by atoms with Gasteiger partial charge in [-0.3, -0.25) is 9.59 Å². The van der Waals surface area contributed by atoms with Crippen LogP contribution >= 0.6 is 11.8 Å². The van der Waals surface area contributed by atoms with Crippen LogP contribution in [-0.2, 0) is 14.4 Å². The molecule has 2 N–H and O–H groups in total. The molecule has 1 unspecified atom stereocenters. The van der Waals surface area contributed by atoms with Gasteiger partial charge in [0.1, 0.15) is 5.71 Å². The van der Waals surface area contributed by atoms with E-state index in [-0.39, 0.29) is 30.6 Å². The molecule has 0 radical (unpaired) electrons. The average Bonchev–Trinajstić information content (AvgIpc) is 2.82. The summed E-state index contributed by atoms with van der Waals surface area (Å²) in [4.78, 5) is 42.1. The Bertz CT molecular complexity index is 999. The minimum atomic E-state index is -0.820. The molecule has 0 fully saturated rings. The van der Waals surface area contributed by atoms with Crippen molar-refractivity contribution >= 4 is 35.1 Å². The smallest absolute Gasteiger partial charge is 0.331 e. The second-order valence-electron chi connectivity index (χ2n) is 7.42. The molecular weight excluding hydrogens is 444 g/mol. The summed E-state index contributed by atoms with van der Waals surface area (Å²) < 4.78 is 5.14. The van der Waals surface area contributed by atoms with E-state index in [1.165, 1.54) is 32.7 Å². The molecule has 0 aliphatic heterocycles. The van der Waals surface area contributed by atoms with Crippen LogP contribution < -0.4 is 5.32 Å². The molecule has 2 aromatic carbocycles. The highest BCUT2D eigenvalue weighted by atomic mass is 32.2. The van der Waals surface area contributed by atoms with Crippen molar-refractivity contribution in [3.63, 3.8) is 0 Å². The lowest BCUT2D eigenvalue weighted by Crippen LogP contribution is -2.54. The van der Waals surface area contributed by atoms with E-state index in [4.69, 9.17) is 4.74 Å². The third kappa shape index (κ3) is 7.52. The van der Waals surface area contributed by atoms with E-state index in [0.29, 0.717) is 17.5 Å². The number of ether oxygens (including phenoxy) is 1. The van der Waals surface area contributed by atoms with Crippen molar-refractivity contribution in [2.45, 2.75) is 42.5 Å². The van der Waals surface area contributed by atoms with Crippen LogP contribution in [0.5, 0.6) is 0 Å². The largest absolute Gasteiger partial charge is 0.394 e. The first-order valence-electron chi connectivity index (χ1n) is 10.3. The first-order chi connectivity index (χ1) is 15.7. The average molecular weight is 473 g/mol. The summed E-state index contributed by atoms with van der Waals surface area (Å²) in [5, 5.41) is 16.1. The van der Waals surface area contributed by atoms with Crippen molar-refractivity contribution < 1.29 is 29.1 Å². The lowest BCUT2D eigenvalue weighted by atomic mass is 9.97. The second-order valence-corrected chi connectivity index (χ2v) is 8.57. The Labute approximate surface area is 197 Å². The van der Waals surface area contributed by atoms with Gasteiger partial charge in [0.25, 0.3) is 5.91 Å². The molecule has 1 atom stereocenters. The number of methoxy groups -OCH3 is 1. The van der Waals surface area contributed by atoms with Crippen LogP contribution in [0.25, 0.3) is 0 Å². The highest BCUT2D eigenvalue weighted by Crippen LogP contribution is 2.28. The van der Waals surface area contributed by atoms with Gasteiger partial charge in [0.15, 0.2) is 0 Å². The highest BCUT2D eigenvalue weighted by Gasteiger charge is 2.29. The quantitative estimate of drug-likeness (QED) is 0.223. The molecule has 2 rings (SSSR count). The molecular formula is C24H28N2O6S. The number of aliphatic hydroxyl groups excluding tert-OH is 1. The van der Waals surface area contributed by atoms with Gasteiger partial charge < -0.3 is 20.0 Å². The molecule has 0 aromatic heterocycles. The maximum absolute atomic E-state index is 12.6. The maximum Gasteiger partial charge on any atom is 0.331 e. The van der Waals surface area contributed by atoms with E-state index in [1.54, 1.807) is 36.4 Å². The molecule has 1 amide bonds. The molecule has 0 bridgehead atoms. The molecule has 0 aliphatic rings. The topological polar surface area (TPSA) is 114 Å². The molecule has 0 spiro atoms. The first kappa shape index (κ1) is 26.2. The summed E-state index contributed by atoms with van der Waals surface area (Å²) in [5.74, 6) is -1.21. The van der Waals surface area contributed by atoms with Crippen molar-refractivity contribution in [3.05, 3.63) is 59.7 Å². The van der Waals surface area contributed by atoms with E-state index in [2.05, 4.69) is 15.3 Å². The SMILES string of the molecule is CCC(CO)(COC)NC(=O)c1ccc(Sc2ccc(C(=O)/C(C)=N/OC(C)=O)cc2)cc1. The predicted molar refractivity (Wildman–Crippen MR) is 126 cm³/mol. The summed E-state index contributed by atoms with van der Waals surface area (Å²) in [6.45, 7) is 4.56. The molecule has 2 aromatic rings. The van der Waals surface area contributed by atoms with Crippen LogP contribution in [0, 0.1) is 0 Å². The van der Waals surface area contributed by atoms with E-state index >= 15 is 0 Å². The standard InChI is InChI=1S/C24H28N2O6S/c1-5-24(14-27,15-31-4)25-23(30)19-8-12-21(13-9-19)33-20-10-6-18(7-11-20)22(29)16(2)26-32-17(3)28/h6-13,27H,5,14-15H2,1-4H3,(H,25,30)/b26-16+. The van der Waals surface area contributed by atoms with Gasteiger partial charge in [0, 0.05) is 35.0 Å². The number of aliphatic hydroxyl groups is 1. The number of oxime groups is 1.